The smallest absolute Gasteiger partial charge is 0.312 e. The van der Waals surface area contributed by atoms with Crippen molar-refractivity contribution in [2.75, 3.05) is 13.2 Å². The van der Waals surface area contributed by atoms with E-state index in [1.54, 1.807) is 0 Å². The van der Waals surface area contributed by atoms with E-state index in [2.05, 4.69) is 34.6 Å². The summed E-state index contributed by atoms with van der Waals surface area (Å²) in [5, 5.41) is 9.24. The van der Waals surface area contributed by atoms with E-state index in [1.807, 2.05) is 0 Å². The molecule has 0 heterocycles. The Labute approximate surface area is 188 Å². The van der Waals surface area contributed by atoms with Crippen molar-refractivity contribution in [2.45, 2.75) is 137 Å². The van der Waals surface area contributed by atoms with Gasteiger partial charge in [0.1, 0.15) is 6.61 Å². The molecule has 1 N–H and O–H groups in total. The average molecular weight is 427 g/mol. The monoisotopic (exact) mass is 426 g/mol. The first-order valence-electron chi connectivity index (χ1n) is 13.3. The molecule has 0 fully saturated rings. The van der Waals surface area contributed by atoms with Crippen molar-refractivity contribution in [3.8, 4) is 0 Å². The van der Waals surface area contributed by atoms with E-state index in [0.29, 0.717) is 11.8 Å². The van der Waals surface area contributed by atoms with Gasteiger partial charge < -0.3 is 9.84 Å². The van der Waals surface area contributed by atoms with Crippen molar-refractivity contribution in [2.24, 2.45) is 17.3 Å². The molecule has 0 aromatic carbocycles. The summed E-state index contributed by atoms with van der Waals surface area (Å²) in [7, 11) is 0. The van der Waals surface area contributed by atoms with Gasteiger partial charge in [-0.05, 0) is 31.1 Å². The first kappa shape index (κ1) is 29.4. The van der Waals surface area contributed by atoms with Crippen molar-refractivity contribution in [3.63, 3.8) is 0 Å². The standard InChI is InChI=1S/C27H54O3/c1-6-9-12-13-14-15-18-21-27(26(29)30-23-22-28,24(4)19-16-10-7-2)25(5)20-17-11-8-3/h24-25,28H,6-23H2,1-5H3. The van der Waals surface area contributed by atoms with E-state index in [4.69, 9.17) is 4.74 Å². The quantitative estimate of drug-likeness (QED) is 0.149. The van der Waals surface area contributed by atoms with Gasteiger partial charge in [-0.3, -0.25) is 4.79 Å². The number of ether oxygens (including phenoxy) is 1. The molecule has 0 aliphatic carbocycles. The number of carbonyl (C=O) groups is 1. The van der Waals surface area contributed by atoms with E-state index < -0.39 is 5.41 Å². The van der Waals surface area contributed by atoms with E-state index in [-0.39, 0.29) is 19.2 Å². The fraction of sp³-hybridized carbons (Fsp3) is 0.963. The van der Waals surface area contributed by atoms with Crippen LogP contribution in [0.3, 0.4) is 0 Å². The minimum absolute atomic E-state index is 0.0458. The van der Waals surface area contributed by atoms with E-state index >= 15 is 0 Å². The normalized spacial score (nSPS) is 15.5. The Morgan fingerprint density at radius 1 is 0.733 bits per heavy atom. The molecule has 0 bridgehead atoms. The molecule has 2 unspecified atom stereocenters. The number of rotatable bonds is 21. The van der Waals surface area contributed by atoms with Crippen LogP contribution in [0, 0.1) is 17.3 Å². The molecule has 0 spiro atoms. The number of unbranched alkanes of at least 4 members (excludes halogenated alkanes) is 10. The average Bonchev–Trinajstić information content (AvgIpc) is 2.74. The van der Waals surface area contributed by atoms with Gasteiger partial charge in [-0.2, -0.15) is 0 Å². The number of esters is 1. The van der Waals surface area contributed by atoms with Gasteiger partial charge >= 0.3 is 5.97 Å². The number of hydrogen-bond donors (Lipinski definition) is 1. The third-order valence-corrected chi connectivity index (χ3v) is 7.14. The molecule has 2 atom stereocenters. The van der Waals surface area contributed by atoms with E-state index in [9.17, 15) is 9.90 Å². The second-order valence-electron chi connectivity index (χ2n) is 9.56. The molecule has 0 radical (unpaired) electrons. The molecule has 0 aliphatic rings. The summed E-state index contributed by atoms with van der Waals surface area (Å²) in [6, 6.07) is 0. The summed E-state index contributed by atoms with van der Waals surface area (Å²) in [5.74, 6) is 0.606. The van der Waals surface area contributed by atoms with Gasteiger partial charge in [-0.25, -0.2) is 0 Å². The Bertz CT molecular complexity index is 378. The van der Waals surface area contributed by atoms with Gasteiger partial charge in [0.05, 0.1) is 12.0 Å². The van der Waals surface area contributed by atoms with Gasteiger partial charge in [-0.15, -0.1) is 0 Å². The first-order valence-corrected chi connectivity index (χ1v) is 13.3. The molecular formula is C27H54O3. The molecule has 0 amide bonds. The van der Waals surface area contributed by atoms with Crippen LogP contribution in [0.25, 0.3) is 0 Å². The van der Waals surface area contributed by atoms with Gasteiger partial charge in [0.2, 0.25) is 0 Å². The molecule has 3 nitrogen and oxygen atoms in total. The molecule has 0 saturated carbocycles. The summed E-state index contributed by atoms with van der Waals surface area (Å²) in [4.78, 5) is 13.4. The van der Waals surface area contributed by atoms with Crippen molar-refractivity contribution in [3.05, 3.63) is 0 Å². The maximum atomic E-state index is 13.4. The van der Waals surface area contributed by atoms with Crippen molar-refractivity contribution < 1.29 is 14.6 Å². The summed E-state index contributed by atoms with van der Waals surface area (Å²) < 4.78 is 5.63. The Morgan fingerprint density at radius 2 is 1.17 bits per heavy atom. The SMILES string of the molecule is CCCCCCCCCC(C(=O)OCCO)(C(C)CCCCC)C(C)CCCCC. The number of aliphatic hydroxyl groups excluding tert-OH is 1. The summed E-state index contributed by atoms with van der Waals surface area (Å²) in [5.41, 5.74) is -0.403. The highest BCUT2D eigenvalue weighted by atomic mass is 16.5. The van der Waals surface area contributed by atoms with Crippen LogP contribution in [0.15, 0.2) is 0 Å². The maximum Gasteiger partial charge on any atom is 0.312 e. The zero-order valence-corrected chi connectivity index (χ0v) is 21.1. The predicted octanol–water partition coefficient (Wildman–Crippen LogP) is 8.08. The second-order valence-corrected chi connectivity index (χ2v) is 9.56. The van der Waals surface area contributed by atoms with Crippen LogP contribution >= 0.6 is 0 Å². The molecule has 0 saturated heterocycles. The van der Waals surface area contributed by atoms with Crippen LogP contribution in [0.5, 0.6) is 0 Å². The maximum absolute atomic E-state index is 13.4. The zero-order chi connectivity index (χ0) is 22.7. The minimum atomic E-state index is -0.403. The zero-order valence-electron chi connectivity index (χ0n) is 21.1. The Balaban J connectivity index is 5.31. The lowest BCUT2D eigenvalue weighted by molar-refractivity contribution is -0.166. The number of hydrogen-bond acceptors (Lipinski definition) is 3. The molecular weight excluding hydrogens is 372 g/mol. The van der Waals surface area contributed by atoms with Crippen LogP contribution in [0.1, 0.15) is 137 Å². The fourth-order valence-electron chi connectivity index (χ4n) is 5.05. The molecule has 0 aromatic heterocycles. The Kier molecular flexibility index (Phi) is 18.8. The lowest BCUT2D eigenvalue weighted by Gasteiger charge is -2.42. The summed E-state index contributed by atoms with van der Waals surface area (Å²) in [6.45, 7) is 11.3. The molecule has 30 heavy (non-hydrogen) atoms. The summed E-state index contributed by atoms with van der Waals surface area (Å²) in [6.07, 6.45) is 19.2. The molecule has 180 valence electrons. The Morgan fingerprint density at radius 3 is 1.63 bits per heavy atom. The van der Waals surface area contributed by atoms with Gasteiger partial charge in [0, 0.05) is 0 Å². The van der Waals surface area contributed by atoms with Crippen LogP contribution in [-0.4, -0.2) is 24.3 Å². The third-order valence-electron chi connectivity index (χ3n) is 7.14. The van der Waals surface area contributed by atoms with Crippen molar-refractivity contribution >= 4 is 5.97 Å². The molecule has 3 heteroatoms. The third kappa shape index (κ3) is 11.2. The number of aliphatic hydroxyl groups is 1. The topological polar surface area (TPSA) is 46.5 Å². The molecule has 0 aromatic rings. The van der Waals surface area contributed by atoms with Crippen molar-refractivity contribution in [1.29, 1.82) is 0 Å². The largest absolute Gasteiger partial charge is 0.463 e. The molecule has 0 aliphatic heterocycles. The lowest BCUT2D eigenvalue weighted by Crippen LogP contribution is -2.45. The predicted molar refractivity (Wildman–Crippen MR) is 130 cm³/mol. The molecule has 0 rings (SSSR count). The van der Waals surface area contributed by atoms with Crippen LogP contribution in [0.4, 0.5) is 0 Å². The first-order chi connectivity index (χ1) is 14.5. The van der Waals surface area contributed by atoms with Gasteiger partial charge in [0.15, 0.2) is 0 Å². The van der Waals surface area contributed by atoms with Crippen LogP contribution in [0.2, 0.25) is 0 Å². The van der Waals surface area contributed by atoms with Crippen LogP contribution < -0.4 is 0 Å². The Hall–Kier alpha value is -0.570. The number of carbonyl (C=O) groups excluding carboxylic acids is 1. The highest BCUT2D eigenvalue weighted by molar-refractivity contribution is 5.77. The van der Waals surface area contributed by atoms with E-state index in [1.165, 1.54) is 77.0 Å². The summed E-state index contributed by atoms with van der Waals surface area (Å²) >= 11 is 0. The van der Waals surface area contributed by atoms with Crippen LogP contribution in [-0.2, 0) is 9.53 Å². The van der Waals surface area contributed by atoms with Gasteiger partial charge in [-0.1, -0.05) is 118 Å². The highest BCUT2D eigenvalue weighted by Crippen LogP contribution is 2.46. The van der Waals surface area contributed by atoms with Crippen molar-refractivity contribution in [1.82, 2.24) is 0 Å². The lowest BCUT2D eigenvalue weighted by atomic mass is 9.62. The minimum Gasteiger partial charge on any atom is -0.463 e. The fourth-order valence-corrected chi connectivity index (χ4v) is 5.05. The highest BCUT2D eigenvalue weighted by Gasteiger charge is 2.47. The van der Waals surface area contributed by atoms with Gasteiger partial charge in [0.25, 0.3) is 0 Å². The second kappa shape index (κ2) is 19.1. The van der Waals surface area contributed by atoms with E-state index in [0.717, 1.165) is 25.7 Å².